The molecule has 3 nitrogen and oxygen atoms in total. The van der Waals surface area contributed by atoms with Crippen LogP contribution in [0.15, 0.2) is 30.3 Å². The van der Waals surface area contributed by atoms with Crippen molar-refractivity contribution in [1.82, 2.24) is 0 Å². The van der Waals surface area contributed by atoms with Gasteiger partial charge < -0.3 is 21.6 Å². The molecule has 0 aliphatic rings. The van der Waals surface area contributed by atoms with Gasteiger partial charge in [-0.3, -0.25) is 4.79 Å². The van der Waals surface area contributed by atoms with E-state index in [1.54, 1.807) is 0 Å². The number of carbonyl (C=O) groups excluding carboxylic acids is 1. The van der Waals surface area contributed by atoms with Gasteiger partial charge in [0.1, 0.15) is 6.54 Å². The van der Waals surface area contributed by atoms with Crippen molar-refractivity contribution in [3.05, 3.63) is 35.9 Å². The van der Waals surface area contributed by atoms with Crippen LogP contribution in [0.3, 0.4) is 0 Å². The van der Waals surface area contributed by atoms with Crippen LogP contribution in [0.1, 0.15) is 25.3 Å². The maximum absolute atomic E-state index is 11.0. The monoisotopic (exact) mass is 285 g/mol. The fourth-order valence-electron chi connectivity index (χ4n) is 1.94. The molecule has 0 fully saturated rings. The van der Waals surface area contributed by atoms with Crippen LogP contribution in [0, 0.1) is 0 Å². The minimum absolute atomic E-state index is 0. The van der Waals surface area contributed by atoms with Gasteiger partial charge >= 0.3 is 5.97 Å². The van der Waals surface area contributed by atoms with Crippen LogP contribution in [-0.4, -0.2) is 37.7 Å². The van der Waals surface area contributed by atoms with Crippen LogP contribution in [0.5, 0.6) is 0 Å². The molecular weight excluding hydrogens is 262 g/mol. The van der Waals surface area contributed by atoms with Gasteiger partial charge in [0.05, 0.1) is 27.2 Å². The van der Waals surface area contributed by atoms with Crippen LogP contribution < -0.4 is 12.4 Å². The molecule has 0 spiro atoms. The number of halogens is 1. The SMILES string of the molecule is CCC(=O)OCCC[N+](C)(C)Cc1ccccc1.[Cl-]. The average Bonchev–Trinajstić information content (AvgIpc) is 2.35. The number of carbonyl (C=O) groups is 1. The van der Waals surface area contributed by atoms with Crippen molar-refractivity contribution in [1.29, 1.82) is 0 Å². The van der Waals surface area contributed by atoms with Crippen LogP contribution in [0.2, 0.25) is 0 Å². The fourth-order valence-corrected chi connectivity index (χ4v) is 1.94. The minimum Gasteiger partial charge on any atom is -1.00 e. The van der Waals surface area contributed by atoms with E-state index >= 15 is 0 Å². The molecule has 0 amide bonds. The Bertz CT molecular complexity index is 366. The standard InChI is InChI=1S/C15H24NO2.ClH/c1-4-15(17)18-12-8-11-16(2,3)13-14-9-6-5-7-10-14;/h5-7,9-10H,4,8,11-13H2,1-3H3;1H/q+1;/p-1. The highest BCUT2D eigenvalue weighted by molar-refractivity contribution is 5.68. The normalized spacial score (nSPS) is 10.7. The van der Waals surface area contributed by atoms with Gasteiger partial charge in [0.25, 0.3) is 0 Å². The predicted molar refractivity (Wildman–Crippen MR) is 73.0 cm³/mol. The Morgan fingerprint density at radius 1 is 1.21 bits per heavy atom. The first kappa shape index (κ1) is 17.9. The molecule has 4 heteroatoms. The summed E-state index contributed by atoms with van der Waals surface area (Å²) >= 11 is 0. The summed E-state index contributed by atoms with van der Waals surface area (Å²) in [6.45, 7) is 4.36. The van der Waals surface area contributed by atoms with E-state index in [1.165, 1.54) is 5.56 Å². The molecule has 0 atom stereocenters. The number of benzene rings is 1. The van der Waals surface area contributed by atoms with E-state index < -0.39 is 0 Å². The molecule has 0 aromatic heterocycles. The zero-order valence-corrected chi connectivity index (χ0v) is 12.8. The molecule has 0 unspecified atom stereocenters. The summed E-state index contributed by atoms with van der Waals surface area (Å²) < 4.78 is 6.00. The first-order valence-corrected chi connectivity index (χ1v) is 6.55. The molecule has 0 saturated heterocycles. The van der Waals surface area contributed by atoms with Crippen LogP contribution >= 0.6 is 0 Å². The van der Waals surface area contributed by atoms with Crippen LogP contribution in [0.4, 0.5) is 0 Å². The molecule has 0 N–H and O–H groups in total. The highest BCUT2D eigenvalue weighted by atomic mass is 35.5. The Balaban J connectivity index is 0.00000324. The number of esters is 1. The first-order chi connectivity index (χ1) is 8.53. The molecule has 108 valence electrons. The molecule has 0 bridgehead atoms. The summed E-state index contributed by atoms with van der Waals surface area (Å²) in [5, 5.41) is 0. The topological polar surface area (TPSA) is 26.3 Å². The summed E-state index contributed by atoms with van der Waals surface area (Å²) in [5.74, 6) is -0.108. The molecule has 0 radical (unpaired) electrons. The van der Waals surface area contributed by atoms with E-state index in [4.69, 9.17) is 4.74 Å². The number of rotatable bonds is 7. The van der Waals surface area contributed by atoms with E-state index in [0.29, 0.717) is 13.0 Å². The second kappa shape index (κ2) is 8.94. The third kappa shape index (κ3) is 7.85. The average molecular weight is 286 g/mol. The van der Waals surface area contributed by atoms with E-state index in [2.05, 4.69) is 38.4 Å². The maximum Gasteiger partial charge on any atom is 0.305 e. The molecule has 0 aliphatic carbocycles. The van der Waals surface area contributed by atoms with Gasteiger partial charge in [-0.25, -0.2) is 0 Å². The van der Waals surface area contributed by atoms with Gasteiger partial charge in [0, 0.05) is 18.4 Å². The third-order valence-electron chi connectivity index (χ3n) is 2.91. The van der Waals surface area contributed by atoms with E-state index in [9.17, 15) is 4.79 Å². The molecule has 0 aliphatic heterocycles. The number of hydrogen-bond acceptors (Lipinski definition) is 2. The van der Waals surface area contributed by atoms with E-state index in [-0.39, 0.29) is 18.4 Å². The maximum atomic E-state index is 11.0. The van der Waals surface area contributed by atoms with Crippen molar-refractivity contribution in [2.45, 2.75) is 26.3 Å². The molecule has 1 rings (SSSR count). The van der Waals surface area contributed by atoms with Crippen molar-refractivity contribution in [2.24, 2.45) is 0 Å². The molecule has 1 aromatic carbocycles. The van der Waals surface area contributed by atoms with E-state index in [1.807, 2.05) is 13.0 Å². The summed E-state index contributed by atoms with van der Waals surface area (Å²) in [4.78, 5) is 11.0. The quantitative estimate of drug-likeness (QED) is 0.388. The number of quaternary nitrogens is 1. The zero-order valence-electron chi connectivity index (χ0n) is 12.1. The molecule has 0 saturated carbocycles. The molecule has 1 aromatic rings. The lowest BCUT2D eigenvalue weighted by molar-refractivity contribution is -0.903. The molecule has 0 heterocycles. The second-order valence-corrected chi connectivity index (χ2v) is 5.23. The summed E-state index contributed by atoms with van der Waals surface area (Å²) in [6.07, 6.45) is 1.37. The summed E-state index contributed by atoms with van der Waals surface area (Å²) in [7, 11) is 4.41. The van der Waals surface area contributed by atoms with Crippen molar-refractivity contribution in [3.8, 4) is 0 Å². The smallest absolute Gasteiger partial charge is 0.305 e. The molecular formula is C15H24ClNO2. The largest absolute Gasteiger partial charge is 1.00 e. The van der Waals surface area contributed by atoms with Gasteiger partial charge in [-0.2, -0.15) is 0 Å². The van der Waals surface area contributed by atoms with Crippen molar-refractivity contribution in [2.75, 3.05) is 27.2 Å². The van der Waals surface area contributed by atoms with Gasteiger partial charge in [-0.15, -0.1) is 0 Å². The number of ether oxygens (including phenoxy) is 1. The van der Waals surface area contributed by atoms with Crippen molar-refractivity contribution >= 4 is 5.97 Å². The summed E-state index contributed by atoms with van der Waals surface area (Å²) in [5.41, 5.74) is 1.34. The Morgan fingerprint density at radius 3 is 2.42 bits per heavy atom. The Labute approximate surface area is 122 Å². The van der Waals surface area contributed by atoms with Gasteiger partial charge in [-0.1, -0.05) is 37.3 Å². The van der Waals surface area contributed by atoms with Crippen LogP contribution in [0.25, 0.3) is 0 Å². The van der Waals surface area contributed by atoms with Gasteiger partial charge in [0.15, 0.2) is 0 Å². The van der Waals surface area contributed by atoms with E-state index in [0.717, 1.165) is 24.0 Å². The van der Waals surface area contributed by atoms with Crippen molar-refractivity contribution in [3.63, 3.8) is 0 Å². The lowest BCUT2D eigenvalue weighted by Gasteiger charge is -2.29. The van der Waals surface area contributed by atoms with Crippen molar-refractivity contribution < 1.29 is 26.4 Å². The number of nitrogens with zero attached hydrogens (tertiary/aromatic N) is 1. The van der Waals surface area contributed by atoms with Crippen LogP contribution in [-0.2, 0) is 16.1 Å². The minimum atomic E-state index is -0.108. The Hall–Kier alpha value is -1.06. The molecule has 19 heavy (non-hydrogen) atoms. The zero-order chi connectivity index (χ0) is 13.4. The number of hydrogen-bond donors (Lipinski definition) is 0. The highest BCUT2D eigenvalue weighted by Gasteiger charge is 2.15. The fraction of sp³-hybridized carbons (Fsp3) is 0.533. The Kier molecular flexibility index (Phi) is 8.44. The second-order valence-electron chi connectivity index (χ2n) is 5.23. The first-order valence-electron chi connectivity index (χ1n) is 6.55. The highest BCUT2D eigenvalue weighted by Crippen LogP contribution is 2.09. The van der Waals surface area contributed by atoms with Gasteiger partial charge in [-0.05, 0) is 0 Å². The summed E-state index contributed by atoms with van der Waals surface area (Å²) in [6, 6.07) is 10.5. The lowest BCUT2D eigenvalue weighted by Crippen LogP contribution is -3.00. The lowest BCUT2D eigenvalue weighted by atomic mass is 10.2. The Morgan fingerprint density at radius 2 is 1.84 bits per heavy atom. The van der Waals surface area contributed by atoms with Gasteiger partial charge in [0.2, 0.25) is 0 Å². The predicted octanol–water partition coefficient (Wildman–Crippen LogP) is -0.390. The third-order valence-corrected chi connectivity index (χ3v) is 2.91.